The van der Waals surface area contributed by atoms with Crippen LogP contribution in [0.4, 0.5) is 0 Å². The number of ether oxygens (including phenoxy) is 1. The highest BCUT2D eigenvalue weighted by Gasteiger charge is 2.17. The van der Waals surface area contributed by atoms with E-state index in [0.717, 1.165) is 18.1 Å². The molecule has 0 heterocycles. The number of aryl methyl sites for hydroxylation is 2. The Bertz CT molecular complexity index is 902. The molecule has 0 aliphatic heterocycles. The van der Waals surface area contributed by atoms with E-state index < -0.39 is 22.6 Å². The number of benzene rings is 2. The Morgan fingerprint density at radius 2 is 1.72 bits per heavy atom. The molecule has 0 aromatic heterocycles. The third kappa shape index (κ3) is 4.74. The smallest absolute Gasteiger partial charge is 0.338 e. The lowest BCUT2D eigenvalue weighted by Gasteiger charge is -2.08. The van der Waals surface area contributed by atoms with Gasteiger partial charge in [0, 0.05) is 5.56 Å². The van der Waals surface area contributed by atoms with Crippen molar-refractivity contribution in [3.63, 3.8) is 0 Å². The predicted molar refractivity (Wildman–Crippen MR) is 93.0 cm³/mol. The van der Waals surface area contributed by atoms with Gasteiger partial charge < -0.3 is 4.74 Å². The van der Waals surface area contributed by atoms with Crippen LogP contribution in [0.3, 0.4) is 0 Å². The first-order chi connectivity index (χ1) is 11.7. The quantitative estimate of drug-likeness (QED) is 0.628. The molecule has 6 nitrogen and oxygen atoms in total. The molecule has 0 spiro atoms. The van der Waals surface area contributed by atoms with Gasteiger partial charge in [0.05, 0.1) is 10.5 Å². The van der Waals surface area contributed by atoms with Crippen molar-refractivity contribution in [2.75, 3.05) is 6.61 Å². The highest BCUT2D eigenvalue weighted by Crippen LogP contribution is 2.16. The average molecular weight is 361 g/mol. The van der Waals surface area contributed by atoms with Crippen LogP contribution in [-0.4, -0.2) is 26.8 Å². The van der Waals surface area contributed by atoms with Gasteiger partial charge in [0.15, 0.2) is 12.4 Å². The molecule has 2 aromatic carbocycles. The normalized spacial score (nSPS) is 11.2. The van der Waals surface area contributed by atoms with Gasteiger partial charge in [-0.2, -0.15) is 0 Å². The molecule has 0 amide bonds. The summed E-state index contributed by atoms with van der Waals surface area (Å²) in [6, 6.07) is 11.0. The van der Waals surface area contributed by atoms with Crippen LogP contribution in [0.15, 0.2) is 47.4 Å². The second-order valence-electron chi connectivity index (χ2n) is 5.57. The summed E-state index contributed by atoms with van der Waals surface area (Å²) in [5.74, 6) is -1.11. The molecule has 0 saturated heterocycles. The molecule has 0 saturated carbocycles. The number of esters is 1. The Kier molecular flexibility index (Phi) is 5.71. The molecule has 0 fully saturated rings. The summed E-state index contributed by atoms with van der Waals surface area (Å²) in [5, 5.41) is 5.06. The standard InChI is InChI=1S/C18H19NO5S/c1-3-13-5-7-14(8-6-13)17(20)11-24-18(21)16-10-15(25(19,22)23)9-4-12(16)2/h4-10H,3,11H2,1-2H3,(H2,19,22,23). The minimum absolute atomic E-state index is 0.0562. The van der Waals surface area contributed by atoms with Crippen LogP contribution in [0.1, 0.15) is 38.8 Å². The first kappa shape index (κ1) is 18.8. The van der Waals surface area contributed by atoms with Crippen molar-refractivity contribution in [2.45, 2.75) is 25.2 Å². The first-order valence-electron chi connectivity index (χ1n) is 7.65. The summed E-state index contributed by atoms with van der Waals surface area (Å²) < 4.78 is 27.8. The maximum atomic E-state index is 12.2. The number of hydrogen-bond acceptors (Lipinski definition) is 5. The maximum absolute atomic E-state index is 12.2. The number of rotatable bonds is 6. The molecule has 25 heavy (non-hydrogen) atoms. The summed E-state index contributed by atoms with van der Waals surface area (Å²) in [6.07, 6.45) is 0.864. The van der Waals surface area contributed by atoms with E-state index in [0.29, 0.717) is 11.1 Å². The first-order valence-corrected chi connectivity index (χ1v) is 9.19. The van der Waals surface area contributed by atoms with E-state index in [-0.39, 0.29) is 16.2 Å². The second-order valence-corrected chi connectivity index (χ2v) is 7.13. The van der Waals surface area contributed by atoms with Crippen LogP contribution in [0.25, 0.3) is 0 Å². The average Bonchev–Trinajstić information content (AvgIpc) is 2.58. The van der Waals surface area contributed by atoms with Crippen molar-refractivity contribution >= 4 is 21.8 Å². The summed E-state index contributed by atoms with van der Waals surface area (Å²) in [4.78, 5) is 24.1. The fourth-order valence-electron chi connectivity index (χ4n) is 2.22. The fraction of sp³-hybridized carbons (Fsp3) is 0.222. The Hall–Kier alpha value is -2.51. The number of sulfonamides is 1. The monoisotopic (exact) mass is 361 g/mol. The molecule has 132 valence electrons. The van der Waals surface area contributed by atoms with Crippen LogP contribution in [0, 0.1) is 6.92 Å². The number of hydrogen-bond donors (Lipinski definition) is 1. The van der Waals surface area contributed by atoms with E-state index in [2.05, 4.69) is 0 Å². The van der Waals surface area contributed by atoms with E-state index in [1.54, 1.807) is 19.1 Å². The third-order valence-corrected chi connectivity index (χ3v) is 4.69. The minimum atomic E-state index is -3.93. The largest absolute Gasteiger partial charge is 0.454 e. The molecular weight excluding hydrogens is 342 g/mol. The Morgan fingerprint density at radius 3 is 2.28 bits per heavy atom. The Balaban J connectivity index is 2.10. The second kappa shape index (κ2) is 7.58. The lowest BCUT2D eigenvalue weighted by atomic mass is 10.1. The molecule has 0 atom stereocenters. The van der Waals surface area contributed by atoms with Crippen molar-refractivity contribution in [2.24, 2.45) is 5.14 Å². The third-order valence-electron chi connectivity index (χ3n) is 3.78. The van der Waals surface area contributed by atoms with E-state index >= 15 is 0 Å². The number of carbonyl (C=O) groups is 2. The fourth-order valence-corrected chi connectivity index (χ4v) is 2.76. The van der Waals surface area contributed by atoms with Crippen LogP contribution < -0.4 is 5.14 Å². The van der Waals surface area contributed by atoms with Gasteiger partial charge in [0.2, 0.25) is 10.0 Å². The van der Waals surface area contributed by atoms with Gasteiger partial charge in [0.25, 0.3) is 0 Å². The maximum Gasteiger partial charge on any atom is 0.338 e. The zero-order chi connectivity index (χ0) is 18.6. The van der Waals surface area contributed by atoms with Gasteiger partial charge in [-0.25, -0.2) is 18.4 Å². The van der Waals surface area contributed by atoms with Crippen LogP contribution in [0.2, 0.25) is 0 Å². The molecular formula is C18H19NO5S. The molecule has 2 rings (SSSR count). The van der Waals surface area contributed by atoms with E-state index in [1.165, 1.54) is 12.1 Å². The van der Waals surface area contributed by atoms with Crippen molar-refractivity contribution in [1.82, 2.24) is 0 Å². The van der Waals surface area contributed by atoms with Gasteiger partial charge in [-0.1, -0.05) is 37.3 Å². The van der Waals surface area contributed by atoms with Gasteiger partial charge in [0.1, 0.15) is 0 Å². The van der Waals surface area contributed by atoms with Crippen molar-refractivity contribution in [3.8, 4) is 0 Å². The zero-order valence-corrected chi connectivity index (χ0v) is 14.8. The van der Waals surface area contributed by atoms with Crippen molar-refractivity contribution in [1.29, 1.82) is 0 Å². The SMILES string of the molecule is CCc1ccc(C(=O)COC(=O)c2cc(S(N)(=O)=O)ccc2C)cc1. The molecule has 0 radical (unpaired) electrons. The van der Waals surface area contributed by atoms with E-state index in [4.69, 9.17) is 9.88 Å². The van der Waals surface area contributed by atoms with E-state index in [9.17, 15) is 18.0 Å². The highest BCUT2D eigenvalue weighted by atomic mass is 32.2. The Morgan fingerprint density at radius 1 is 1.08 bits per heavy atom. The molecule has 2 N–H and O–H groups in total. The summed E-state index contributed by atoms with van der Waals surface area (Å²) in [7, 11) is -3.93. The summed E-state index contributed by atoms with van der Waals surface area (Å²) >= 11 is 0. The van der Waals surface area contributed by atoms with Crippen LogP contribution >= 0.6 is 0 Å². The van der Waals surface area contributed by atoms with Crippen LogP contribution in [0.5, 0.6) is 0 Å². The van der Waals surface area contributed by atoms with E-state index in [1.807, 2.05) is 19.1 Å². The summed E-state index contributed by atoms with van der Waals surface area (Å²) in [6.45, 7) is 3.22. The predicted octanol–water partition coefficient (Wildman–Crippen LogP) is 2.24. The minimum Gasteiger partial charge on any atom is -0.454 e. The molecule has 7 heteroatoms. The lowest BCUT2D eigenvalue weighted by molar-refractivity contribution is 0.0473. The van der Waals surface area contributed by atoms with Gasteiger partial charge >= 0.3 is 5.97 Å². The highest BCUT2D eigenvalue weighted by molar-refractivity contribution is 7.89. The molecule has 0 bridgehead atoms. The number of carbonyl (C=O) groups excluding carboxylic acids is 2. The van der Waals surface area contributed by atoms with Crippen LogP contribution in [-0.2, 0) is 21.2 Å². The number of ketones is 1. The summed E-state index contributed by atoms with van der Waals surface area (Å²) in [5.41, 5.74) is 2.13. The topological polar surface area (TPSA) is 104 Å². The molecule has 2 aromatic rings. The molecule has 0 unspecified atom stereocenters. The van der Waals surface area contributed by atoms with Gasteiger partial charge in [-0.3, -0.25) is 4.79 Å². The Labute approximate surface area is 146 Å². The van der Waals surface area contributed by atoms with Crippen molar-refractivity contribution in [3.05, 3.63) is 64.7 Å². The molecule has 0 aliphatic rings. The van der Waals surface area contributed by atoms with Gasteiger partial charge in [-0.05, 0) is 36.6 Å². The zero-order valence-electron chi connectivity index (χ0n) is 14.0. The number of Topliss-reactive ketones (excluding diaryl/α,β-unsaturated/α-hetero) is 1. The lowest BCUT2D eigenvalue weighted by Crippen LogP contribution is -2.17. The van der Waals surface area contributed by atoms with Gasteiger partial charge in [-0.15, -0.1) is 0 Å². The number of primary sulfonamides is 1. The molecule has 0 aliphatic carbocycles. The van der Waals surface area contributed by atoms with Crippen molar-refractivity contribution < 1.29 is 22.7 Å². The number of nitrogens with two attached hydrogens (primary N) is 1.